The van der Waals surface area contributed by atoms with Gasteiger partial charge in [-0.15, -0.1) is 0 Å². The molecule has 1 nitrogen and oxygen atoms in total. The van der Waals surface area contributed by atoms with E-state index in [9.17, 15) is 18.0 Å². The van der Waals surface area contributed by atoms with Crippen molar-refractivity contribution in [3.8, 4) is 0 Å². The molecule has 0 bridgehead atoms. The first kappa shape index (κ1) is 13.7. The number of halogens is 3. The van der Waals surface area contributed by atoms with Gasteiger partial charge in [0.1, 0.15) is 5.78 Å². The number of rotatable bonds is 4. The van der Waals surface area contributed by atoms with Crippen LogP contribution in [-0.4, -0.2) is 5.78 Å². The molecule has 0 amide bonds. The van der Waals surface area contributed by atoms with Crippen LogP contribution in [0.5, 0.6) is 0 Å². The molecule has 0 saturated carbocycles. The van der Waals surface area contributed by atoms with Gasteiger partial charge in [0.05, 0.1) is 5.56 Å². The van der Waals surface area contributed by atoms with Crippen molar-refractivity contribution in [2.24, 2.45) is 0 Å². The Morgan fingerprint density at radius 2 is 2.00 bits per heavy atom. The molecule has 0 fully saturated rings. The highest BCUT2D eigenvalue weighted by atomic mass is 19.4. The van der Waals surface area contributed by atoms with Gasteiger partial charge < -0.3 is 0 Å². The van der Waals surface area contributed by atoms with Gasteiger partial charge >= 0.3 is 6.18 Å². The minimum absolute atomic E-state index is 0.0215. The molecule has 0 heterocycles. The molecule has 0 radical (unpaired) electrons. The second kappa shape index (κ2) is 5.34. The lowest BCUT2D eigenvalue weighted by Gasteiger charge is -2.13. The highest BCUT2D eigenvalue weighted by Gasteiger charge is 2.31. The van der Waals surface area contributed by atoms with Crippen LogP contribution in [0.3, 0.4) is 0 Å². The van der Waals surface area contributed by atoms with Crippen LogP contribution in [-0.2, 0) is 11.0 Å². The van der Waals surface area contributed by atoms with Crippen LogP contribution in [0.15, 0.2) is 24.3 Å². The van der Waals surface area contributed by atoms with E-state index in [1.54, 1.807) is 13.0 Å². The van der Waals surface area contributed by atoms with Crippen LogP contribution in [0, 0.1) is 0 Å². The number of benzene rings is 1. The smallest absolute Gasteiger partial charge is 0.299 e. The van der Waals surface area contributed by atoms with E-state index in [4.69, 9.17) is 0 Å². The summed E-state index contributed by atoms with van der Waals surface area (Å²) in [6.45, 7) is 3.52. The van der Waals surface area contributed by atoms with E-state index in [2.05, 4.69) is 0 Å². The third-order valence-electron chi connectivity index (χ3n) is 2.69. The Bertz CT molecular complexity index is 396. The van der Waals surface area contributed by atoms with Crippen LogP contribution in [0.25, 0.3) is 0 Å². The third kappa shape index (κ3) is 3.58. The zero-order chi connectivity index (χ0) is 13.1. The zero-order valence-corrected chi connectivity index (χ0v) is 9.84. The van der Waals surface area contributed by atoms with Gasteiger partial charge in [-0.1, -0.05) is 32.0 Å². The number of carbonyl (C=O) groups is 1. The van der Waals surface area contributed by atoms with Gasteiger partial charge in [0.15, 0.2) is 0 Å². The zero-order valence-electron chi connectivity index (χ0n) is 9.84. The van der Waals surface area contributed by atoms with Crippen molar-refractivity contribution in [2.45, 2.75) is 38.8 Å². The summed E-state index contributed by atoms with van der Waals surface area (Å²) in [6.07, 6.45) is -3.25. The molecule has 0 aliphatic heterocycles. The largest absolute Gasteiger partial charge is 0.416 e. The van der Waals surface area contributed by atoms with Crippen molar-refractivity contribution in [3.63, 3.8) is 0 Å². The van der Waals surface area contributed by atoms with Crippen molar-refractivity contribution in [1.82, 2.24) is 0 Å². The van der Waals surface area contributed by atoms with E-state index in [0.717, 1.165) is 12.1 Å². The third-order valence-corrected chi connectivity index (χ3v) is 2.69. The predicted octanol–water partition coefficient (Wildman–Crippen LogP) is 4.18. The fraction of sp³-hybridized carbons (Fsp3) is 0.462. The predicted molar refractivity (Wildman–Crippen MR) is 59.8 cm³/mol. The van der Waals surface area contributed by atoms with Crippen LogP contribution in [0.2, 0.25) is 0 Å². The molecule has 1 atom stereocenters. The summed E-state index contributed by atoms with van der Waals surface area (Å²) in [5, 5.41) is 0. The van der Waals surface area contributed by atoms with E-state index in [1.807, 2.05) is 6.92 Å². The number of alkyl halides is 3. The van der Waals surface area contributed by atoms with Crippen molar-refractivity contribution >= 4 is 5.78 Å². The SMILES string of the molecule is CCCC(=O)C(C)c1cccc(C(F)(F)F)c1. The molecule has 1 unspecified atom stereocenters. The molecule has 0 N–H and O–H groups in total. The van der Waals surface area contributed by atoms with Crippen LogP contribution in [0.1, 0.15) is 43.7 Å². The van der Waals surface area contributed by atoms with Gasteiger partial charge in [-0.25, -0.2) is 0 Å². The van der Waals surface area contributed by atoms with E-state index >= 15 is 0 Å². The quantitative estimate of drug-likeness (QED) is 0.776. The van der Waals surface area contributed by atoms with Crippen molar-refractivity contribution in [1.29, 1.82) is 0 Å². The fourth-order valence-corrected chi connectivity index (χ4v) is 1.63. The molecule has 1 rings (SSSR count). The van der Waals surface area contributed by atoms with Crippen molar-refractivity contribution < 1.29 is 18.0 Å². The summed E-state index contributed by atoms with van der Waals surface area (Å²) >= 11 is 0. The summed E-state index contributed by atoms with van der Waals surface area (Å²) in [7, 11) is 0. The first-order chi connectivity index (χ1) is 7.86. The Balaban J connectivity index is 2.96. The van der Waals surface area contributed by atoms with E-state index < -0.39 is 17.7 Å². The molecule has 1 aromatic carbocycles. The first-order valence-electron chi connectivity index (χ1n) is 5.56. The number of hydrogen-bond acceptors (Lipinski definition) is 1. The maximum absolute atomic E-state index is 12.5. The number of Topliss-reactive ketones (excluding diaryl/α,β-unsaturated/α-hetero) is 1. The summed E-state index contributed by atoms with van der Waals surface area (Å²) in [6, 6.07) is 4.97. The maximum atomic E-state index is 12.5. The molecule has 0 spiro atoms. The number of hydrogen-bond donors (Lipinski definition) is 0. The highest BCUT2D eigenvalue weighted by molar-refractivity contribution is 5.85. The average Bonchev–Trinajstić information content (AvgIpc) is 2.27. The second-order valence-corrected chi connectivity index (χ2v) is 4.06. The van der Waals surface area contributed by atoms with Gasteiger partial charge in [0.2, 0.25) is 0 Å². The van der Waals surface area contributed by atoms with Crippen molar-refractivity contribution in [3.05, 3.63) is 35.4 Å². The lowest BCUT2D eigenvalue weighted by atomic mass is 9.93. The first-order valence-corrected chi connectivity index (χ1v) is 5.56. The fourth-order valence-electron chi connectivity index (χ4n) is 1.63. The van der Waals surface area contributed by atoms with Gasteiger partial charge in [-0.3, -0.25) is 4.79 Å². The molecular formula is C13H15F3O. The Hall–Kier alpha value is -1.32. The molecule has 1 aromatic rings. The molecule has 0 aliphatic rings. The lowest BCUT2D eigenvalue weighted by Crippen LogP contribution is -2.11. The summed E-state index contributed by atoms with van der Waals surface area (Å²) in [5.41, 5.74) is -0.274. The molecule has 4 heteroatoms. The summed E-state index contributed by atoms with van der Waals surface area (Å²) < 4.78 is 37.5. The van der Waals surface area contributed by atoms with Gasteiger partial charge in [-0.2, -0.15) is 13.2 Å². The minimum Gasteiger partial charge on any atom is -0.299 e. The van der Waals surface area contributed by atoms with Gasteiger partial charge in [0.25, 0.3) is 0 Å². The van der Waals surface area contributed by atoms with Crippen LogP contribution in [0.4, 0.5) is 13.2 Å². The normalized spacial score (nSPS) is 13.5. The molecule has 17 heavy (non-hydrogen) atoms. The Labute approximate surface area is 98.6 Å². The summed E-state index contributed by atoms with van der Waals surface area (Å²) in [4.78, 5) is 11.6. The van der Waals surface area contributed by atoms with Crippen molar-refractivity contribution in [2.75, 3.05) is 0 Å². The molecular weight excluding hydrogens is 229 g/mol. The maximum Gasteiger partial charge on any atom is 0.416 e. The Morgan fingerprint density at radius 3 is 2.53 bits per heavy atom. The Morgan fingerprint density at radius 1 is 1.35 bits per heavy atom. The topological polar surface area (TPSA) is 17.1 Å². The van der Waals surface area contributed by atoms with Gasteiger partial charge in [-0.05, 0) is 18.1 Å². The van der Waals surface area contributed by atoms with E-state index in [-0.39, 0.29) is 5.78 Å². The Kier molecular flexibility index (Phi) is 4.32. The standard InChI is InChI=1S/C13H15F3O/c1-3-5-12(17)9(2)10-6-4-7-11(8-10)13(14,15)16/h4,6-9H,3,5H2,1-2H3. The van der Waals surface area contributed by atoms with E-state index in [0.29, 0.717) is 18.4 Å². The highest BCUT2D eigenvalue weighted by Crippen LogP contribution is 2.31. The van der Waals surface area contributed by atoms with Gasteiger partial charge in [0, 0.05) is 12.3 Å². The minimum atomic E-state index is -4.36. The number of ketones is 1. The molecule has 94 valence electrons. The summed E-state index contributed by atoms with van der Waals surface area (Å²) in [5.74, 6) is -0.496. The molecule has 0 aromatic heterocycles. The van der Waals surface area contributed by atoms with E-state index in [1.165, 1.54) is 6.07 Å². The van der Waals surface area contributed by atoms with Crippen LogP contribution >= 0.6 is 0 Å². The number of carbonyl (C=O) groups excluding carboxylic acids is 1. The van der Waals surface area contributed by atoms with Crippen LogP contribution < -0.4 is 0 Å². The second-order valence-electron chi connectivity index (χ2n) is 4.06. The monoisotopic (exact) mass is 244 g/mol. The molecule has 0 aliphatic carbocycles. The lowest BCUT2D eigenvalue weighted by molar-refractivity contribution is -0.137. The molecule has 0 saturated heterocycles. The average molecular weight is 244 g/mol.